The van der Waals surface area contributed by atoms with Crippen LogP contribution < -0.4 is 0 Å². The summed E-state index contributed by atoms with van der Waals surface area (Å²) < 4.78 is 0. The van der Waals surface area contributed by atoms with Gasteiger partial charge in [0.25, 0.3) is 0 Å². The van der Waals surface area contributed by atoms with Crippen LogP contribution in [0, 0.1) is 5.92 Å². The average molecular weight is 181 g/mol. The van der Waals surface area contributed by atoms with Gasteiger partial charge in [-0.05, 0) is 25.7 Å². The van der Waals surface area contributed by atoms with E-state index in [-0.39, 0.29) is 29.6 Å². The third-order valence-corrected chi connectivity index (χ3v) is 2.26. The molecule has 0 heterocycles. The molecule has 0 aliphatic rings. The van der Waals surface area contributed by atoms with Crippen LogP contribution in [0.15, 0.2) is 0 Å². The zero-order valence-corrected chi connectivity index (χ0v) is 11.4. The molecule has 1 nitrogen and oxygen atoms in total. The van der Waals surface area contributed by atoms with E-state index in [1.807, 2.05) is 13.8 Å². The second-order valence-electron chi connectivity index (χ2n) is 4.14. The van der Waals surface area contributed by atoms with Gasteiger partial charge >= 0.3 is 0 Å². The van der Waals surface area contributed by atoms with Crippen LogP contribution >= 0.6 is 0 Å². The first-order chi connectivity index (χ1) is 4.98. The first-order valence-corrected chi connectivity index (χ1v) is 4.70. The Hall–Kier alpha value is 0.960. The topological polar surface area (TPSA) is 20.2 Å². The van der Waals surface area contributed by atoms with E-state index in [2.05, 4.69) is 13.8 Å². The molecule has 0 saturated carbocycles. The van der Waals surface area contributed by atoms with Crippen molar-refractivity contribution in [1.29, 1.82) is 0 Å². The molecule has 0 aromatic carbocycles. The van der Waals surface area contributed by atoms with E-state index in [0.717, 1.165) is 25.2 Å². The van der Waals surface area contributed by atoms with E-state index in [9.17, 15) is 5.11 Å². The molecular formula is C10H22NaO. The summed E-state index contributed by atoms with van der Waals surface area (Å²) in [5, 5.41) is 9.64. The second kappa shape index (κ2) is 7.37. The van der Waals surface area contributed by atoms with E-state index >= 15 is 0 Å². The molecule has 0 aliphatic heterocycles. The summed E-state index contributed by atoms with van der Waals surface area (Å²) in [4.78, 5) is 0. The van der Waals surface area contributed by atoms with E-state index in [0.29, 0.717) is 0 Å². The molecule has 0 spiro atoms. The third kappa shape index (κ3) is 9.05. The maximum Gasteiger partial charge on any atom is 0.0617 e. The van der Waals surface area contributed by atoms with Crippen molar-refractivity contribution in [3.05, 3.63) is 0 Å². The fourth-order valence-electron chi connectivity index (χ4n) is 1.07. The van der Waals surface area contributed by atoms with Crippen LogP contribution in [0.1, 0.15) is 53.4 Å². The molecule has 0 saturated heterocycles. The van der Waals surface area contributed by atoms with Gasteiger partial charge in [-0.3, -0.25) is 0 Å². The van der Waals surface area contributed by atoms with E-state index in [1.54, 1.807) is 0 Å². The molecule has 0 aromatic heterocycles. The summed E-state index contributed by atoms with van der Waals surface area (Å²) in [5.74, 6) is 0.766. The van der Waals surface area contributed by atoms with Gasteiger partial charge in [-0.15, -0.1) is 0 Å². The number of aliphatic hydroxyl groups is 1. The normalized spacial score (nSPS) is 15.5. The maximum absolute atomic E-state index is 9.64. The Kier molecular flexibility index (Phi) is 9.48. The molecule has 0 bridgehead atoms. The Balaban J connectivity index is 0. The van der Waals surface area contributed by atoms with E-state index < -0.39 is 5.60 Å². The molecule has 2 heteroatoms. The summed E-state index contributed by atoms with van der Waals surface area (Å²) >= 11 is 0. The van der Waals surface area contributed by atoms with Crippen molar-refractivity contribution in [1.82, 2.24) is 0 Å². The predicted molar refractivity (Wildman–Crippen MR) is 55.4 cm³/mol. The molecule has 0 rings (SSSR count). The molecule has 1 radical (unpaired) electrons. The third-order valence-electron chi connectivity index (χ3n) is 2.26. The van der Waals surface area contributed by atoms with Crippen molar-refractivity contribution < 1.29 is 5.11 Å². The summed E-state index contributed by atoms with van der Waals surface area (Å²) in [5.41, 5.74) is -0.422. The molecule has 69 valence electrons. The minimum absolute atomic E-state index is 0. The zero-order chi connectivity index (χ0) is 8.91. The monoisotopic (exact) mass is 181 g/mol. The molecule has 0 amide bonds. The summed E-state index contributed by atoms with van der Waals surface area (Å²) in [6.45, 7) is 8.41. The standard InChI is InChI=1S/C10H22O.Na/c1-5-10(4,11)8-6-7-9(2)3;/h9,11H,5-8H2,1-4H3;. The van der Waals surface area contributed by atoms with Gasteiger partial charge in [0.1, 0.15) is 0 Å². The second-order valence-corrected chi connectivity index (χ2v) is 4.14. The summed E-state index contributed by atoms with van der Waals surface area (Å²) in [6, 6.07) is 0. The fourth-order valence-corrected chi connectivity index (χ4v) is 1.07. The van der Waals surface area contributed by atoms with Gasteiger partial charge < -0.3 is 5.11 Å². The summed E-state index contributed by atoms with van der Waals surface area (Å²) in [7, 11) is 0. The quantitative estimate of drug-likeness (QED) is 0.646. The number of hydrogen-bond acceptors (Lipinski definition) is 1. The SMILES string of the molecule is CCC(C)(O)CCCC(C)C.[Na]. The predicted octanol–water partition coefficient (Wildman–Crippen LogP) is 2.59. The van der Waals surface area contributed by atoms with Gasteiger partial charge in [0, 0.05) is 29.6 Å². The van der Waals surface area contributed by atoms with E-state index in [1.165, 1.54) is 6.42 Å². The Labute approximate surface area is 99.2 Å². The van der Waals surface area contributed by atoms with Crippen LogP contribution in [-0.4, -0.2) is 40.3 Å². The number of hydrogen-bond donors (Lipinski definition) is 1. The fraction of sp³-hybridized carbons (Fsp3) is 1.00. The van der Waals surface area contributed by atoms with Crippen molar-refractivity contribution in [3.63, 3.8) is 0 Å². The van der Waals surface area contributed by atoms with Gasteiger partial charge in [-0.1, -0.05) is 33.6 Å². The largest absolute Gasteiger partial charge is 0.390 e. The first-order valence-electron chi connectivity index (χ1n) is 4.70. The Morgan fingerprint density at radius 2 is 1.83 bits per heavy atom. The first kappa shape index (κ1) is 15.4. The molecule has 0 fully saturated rings. The van der Waals surface area contributed by atoms with Crippen LogP contribution in [0.5, 0.6) is 0 Å². The molecule has 0 aromatic rings. The van der Waals surface area contributed by atoms with Crippen molar-refractivity contribution in [2.75, 3.05) is 0 Å². The van der Waals surface area contributed by atoms with Crippen molar-refractivity contribution in [3.8, 4) is 0 Å². The molecule has 0 aliphatic carbocycles. The molecule has 1 N–H and O–H groups in total. The smallest absolute Gasteiger partial charge is 0.0617 e. The maximum atomic E-state index is 9.64. The Morgan fingerprint density at radius 3 is 2.17 bits per heavy atom. The van der Waals surface area contributed by atoms with Gasteiger partial charge in [0.2, 0.25) is 0 Å². The minimum Gasteiger partial charge on any atom is -0.390 e. The van der Waals surface area contributed by atoms with Gasteiger partial charge in [-0.25, -0.2) is 0 Å². The van der Waals surface area contributed by atoms with Crippen LogP contribution in [0.2, 0.25) is 0 Å². The average Bonchev–Trinajstić information content (AvgIpc) is 1.87. The van der Waals surface area contributed by atoms with Gasteiger partial charge in [-0.2, -0.15) is 0 Å². The Morgan fingerprint density at radius 1 is 1.33 bits per heavy atom. The van der Waals surface area contributed by atoms with Crippen molar-refractivity contribution in [2.45, 2.75) is 59.0 Å². The van der Waals surface area contributed by atoms with Gasteiger partial charge in [0.05, 0.1) is 5.60 Å². The molecule has 1 atom stereocenters. The van der Waals surface area contributed by atoms with E-state index in [4.69, 9.17) is 0 Å². The van der Waals surface area contributed by atoms with Gasteiger partial charge in [0.15, 0.2) is 0 Å². The summed E-state index contributed by atoms with van der Waals surface area (Å²) in [6.07, 6.45) is 4.20. The Bertz CT molecular complexity index is 100. The van der Waals surface area contributed by atoms with Crippen LogP contribution in [0.3, 0.4) is 0 Å². The van der Waals surface area contributed by atoms with Crippen LogP contribution in [0.25, 0.3) is 0 Å². The van der Waals surface area contributed by atoms with Crippen LogP contribution in [0.4, 0.5) is 0 Å². The van der Waals surface area contributed by atoms with Crippen molar-refractivity contribution >= 4 is 29.6 Å². The zero-order valence-electron chi connectivity index (χ0n) is 9.35. The van der Waals surface area contributed by atoms with Crippen molar-refractivity contribution in [2.24, 2.45) is 5.92 Å². The molecular weight excluding hydrogens is 159 g/mol. The molecule has 1 unspecified atom stereocenters. The van der Waals surface area contributed by atoms with Crippen LogP contribution in [-0.2, 0) is 0 Å². The molecule has 12 heavy (non-hydrogen) atoms. The minimum atomic E-state index is -0.422. The number of rotatable bonds is 5.